The molecular formula is C21H24N4O3S. The molecule has 2 N–H and O–H groups in total. The molecule has 8 heteroatoms. The van der Waals surface area contributed by atoms with E-state index in [0.717, 1.165) is 18.4 Å². The van der Waals surface area contributed by atoms with Gasteiger partial charge < -0.3 is 4.90 Å². The molecule has 1 aliphatic carbocycles. The number of hydrogen-bond acceptors (Lipinski definition) is 6. The van der Waals surface area contributed by atoms with Crippen LogP contribution in [0, 0.1) is 16.0 Å². The summed E-state index contributed by atoms with van der Waals surface area (Å²) in [6.07, 6.45) is 2.59. The van der Waals surface area contributed by atoms with Gasteiger partial charge in [-0.15, -0.1) is 11.3 Å². The van der Waals surface area contributed by atoms with Crippen molar-refractivity contribution >= 4 is 17.2 Å². The maximum atomic E-state index is 13.7. The van der Waals surface area contributed by atoms with E-state index in [-0.39, 0.29) is 28.8 Å². The summed E-state index contributed by atoms with van der Waals surface area (Å²) in [5, 5.41) is 13.4. The topological polar surface area (TPSA) is 87.5 Å². The number of carbonyl (C=O) groups is 1. The molecule has 1 amide bonds. The summed E-state index contributed by atoms with van der Waals surface area (Å²) in [5.74, 6) is -0.00774. The van der Waals surface area contributed by atoms with Crippen LogP contribution in [0.3, 0.4) is 0 Å². The highest BCUT2D eigenvalue weighted by atomic mass is 32.1. The molecule has 1 saturated heterocycles. The normalized spacial score (nSPS) is 31.2. The fourth-order valence-electron chi connectivity index (χ4n) is 5.20. The summed E-state index contributed by atoms with van der Waals surface area (Å²) < 4.78 is 0. The standard InChI is InChI=1S/C21H24N4O3S/c26-21(19-16-12-14(25(27)28)6-7-17(16)22-23-19)24-10-8-18-15(9-11-29-18)20(24)13-4-2-1-3-5-13/h1-5,9,11,14,16-17,19-20,22-23H,6-8,10,12H2. The Labute approximate surface area is 173 Å². The lowest BCUT2D eigenvalue weighted by Gasteiger charge is -2.39. The van der Waals surface area contributed by atoms with Gasteiger partial charge in [0.15, 0.2) is 0 Å². The number of thiophene rings is 1. The predicted octanol–water partition coefficient (Wildman–Crippen LogP) is 2.51. The van der Waals surface area contributed by atoms with Crippen molar-refractivity contribution in [3.8, 4) is 0 Å². The van der Waals surface area contributed by atoms with Gasteiger partial charge in [0.2, 0.25) is 11.9 Å². The quantitative estimate of drug-likeness (QED) is 0.598. The highest BCUT2D eigenvalue weighted by Crippen LogP contribution is 2.40. The van der Waals surface area contributed by atoms with Crippen LogP contribution in [0.2, 0.25) is 0 Å². The van der Waals surface area contributed by atoms with Crippen molar-refractivity contribution < 1.29 is 9.72 Å². The summed E-state index contributed by atoms with van der Waals surface area (Å²) in [4.78, 5) is 28.2. The third-order valence-corrected chi connectivity index (χ3v) is 7.65. The molecule has 152 valence electrons. The average Bonchev–Trinajstić information content (AvgIpc) is 3.39. The first kappa shape index (κ1) is 18.7. The third kappa shape index (κ3) is 3.25. The molecule has 3 aliphatic rings. The third-order valence-electron chi connectivity index (χ3n) is 6.65. The number of carbonyl (C=O) groups excluding carboxylic acids is 1. The molecule has 1 aromatic heterocycles. The average molecular weight is 413 g/mol. The second-order valence-corrected chi connectivity index (χ2v) is 9.18. The van der Waals surface area contributed by atoms with Crippen molar-refractivity contribution in [1.29, 1.82) is 0 Å². The van der Waals surface area contributed by atoms with Crippen molar-refractivity contribution in [2.45, 2.75) is 49.9 Å². The van der Waals surface area contributed by atoms with Crippen LogP contribution in [0.5, 0.6) is 0 Å². The van der Waals surface area contributed by atoms with Crippen LogP contribution in [0.15, 0.2) is 41.8 Å². The van der Waals surface area contributed by atoms with Gasteiger partial charge in [-0.3, -0.25) is 20.3 Å². The van der Waals surface area contributed by atoms with E-state index in [0.29, 0.717) is 19.4 Å². The van der Waals surface area contributed by atoms with Gasteiger partial charge in [0.1, 0.15) is 6.04 Å². The number of nitrogens with one attached hydrogen (secondary N) is 2. The summed E-state index contributed by atoms with van der Waals surface area (Å²) in [7, 11) is 0. The molecule has 2 aliphatic heterocycles. The predicted molar refractivity (Wildman–Crippen MR) is 110 cm³/mol. The number of hydrogen-bond donors (Lipinski definition) is 2. The van der Waals surface area contributed by atoms with Crippen molar-refractivity contribution in [2.75, 3.05) is 6.54 Å². The molecule has 5 rings (SSSR count). The zero-order valence-corrected chi connectivity index (χ0v) is 16.8. The fourth-order valence-corrected chi connectivity index (χ4v) is 6.10. The van der Waals surface area contributed by atoms with Gasteiger partial charge in [-0.25, -0.2) is 5.43 Å². The van der Waals surface area contributed by atoms with E-state index in [1.807, 2.05) is 23.1 Å². The summed E-state index contributed by atoms with van der Waals surface area (Å²) in [5.41, 5.74) is 8.73. The number of fused-ring (bicyclic) bond motifs is 2. The number of rotatable bonds is 3. The van der Waals surface area contributed by atoms with Crippen LogP contribution in [0.1, 0.15) is 41.3 Å². The van der Waals surface area contributed by atoms with Gasteiger partial charge in [0, 0.05) is 41.1 Å². The molecule has 0 bridgehead atoms. The van der Waals surface area contributed by atoms with E-state index < -0.39 is 12.1 Å². The van der Waals surface area contributed by atoms with Gasteiger partial charge in [0.05, 0.1) is 6.04 Å². The van der Waals surface area contributed by atoms with E-state index in [2.05, 4.69) is 34.4 Å². The molecule has 1 aromatic carbocycles. The smallest absolute Gasteiger partial charge is 0.242 e. The Bertz CT molecular complexity index is 918. The zero-order chi connectivity index (χ0) is 20.0. The molecule has 29 heavy (non-hydrogen) atoms. The number of nitrogens with zero attached hydrogens (tertiary/aromatic N) is 2. The Balaban J connectivity index is 1.45. The van der Waals surface area contributed by atoms with Gasteiger partial charge in [-0.2, -0.15) is 0 Å². The number of amides is 1. The first-order chi connectivity index (χ1) is 14.1. The van der Waals surface area contributed by atoms with E-state index >= 15 is 0 Å². The summed E-state index contributed by atoms with van der Waals surface area (Å²) in [6, 6.07) is 11.3. The van der Waals surface area contributed by atoms with Crippen LogP contribution in [-0.4, -0.2) is 40.4 Å². The first-order valence-corrected chi connectivity index (χ1v) is 11.1. The minimum atomic E-state index is -0.553. The molecule has 7 nitrogen and oxygen atoms in total. The Morgan fingerprint density at radius 2 is 2.00 bits per heavy atom. The highest BCUT2D eigenvalue weighted by molar-refractivity contribution is 7.10. The lowest BCUT2D eigenvalue weighted by Crippen LogP contribution is -2.51. The molecule has 2 fully saturated rings. The SMILES string of the molecule is O=C(C1NNC2CCC([N+](=O)[O-])CC21)N1CCc2sccc2C1c1ccccc1. The molecular weight excluding hydrogens is 388 g/mol. The molecule has 3 heterocycles. The van der Waals surface area contributed by atoms with Gasteiger partial charge in [-0.05, 0) is 35.4 Å². The Morgan fingerprint density at radius 3 is 2.79 bits per heavy atom. The summed E-state index contributed by atoms with van der Waals surface area (Å²) in [6.45, 7) is 0.667. The van der Waals surface area contributed by atoms with Crippen LogP contribution in [-0.2, 0) is 11.2 Å². The Morgan fingerprint density at radius 1 is 1.17 bits per heavy atom. The van der Waals surface area contributed by atoms with Crippen molar-refractivity contribution in [1.82, 2.24) is 15.8 Å². The Hall–Kier alpha value is -2.29. The van der Waals surface area contributed by atoms with Crippen molar-refractivity contribution in [3.05, 3.63) is 67.9 Å². The van der Waals surface area contributed by atoms with Gasteiger partial charge in [0.25, 0.3) is 0 Å². The first-order valence-electron chi connectivity index (χ1n) is 10.2. The van der Waals surface area contributed by atoms with Crippen molar-refractivity contribution in [2.24, 2.45) is 5.92 Å². The maximum absolute atomic E-state index is 13.7. The summed E-state index contributed by atoms with van der Waals surface area (Å²) >= 11 is 1.75. The molecule has 5 atom stereocenters. The molecule has 0 spiro atoms. The highest BCUT2D eigenvalue weighted by Gasteiger charge is 2.49. The van der Waals surface area contributed by atoms with E-state index in [1.54, 1.807) is 11.3 Å². The largest absolute Gasteiger partial charge is 0.330 e. The molecule has 0 radical (unpaired) electrons. The lowest BCUT2D eigenvalue weighted by atomic mass is 9.78. The van der Waals surface area contributed by atoms with Gasteiger partial charge >= 0.3 is 0 Å². The maximum Gasteiger partial charge on any atom is 0.242 e. The van der Waals surface area contributed by atoms with Crippen LogP contribution < -0.4 is 10.9 Å². The lowest BCUT2D eigenvalue weighted by molar-refractivity contribution is -0.528. The zero-order valence-electron chi connectivity index (χ0n) is 16.0. The van der Waals surface area contributed by atoms with E-state index in [4.69, 9.17) is 0 Å². The minimum absolute atomic E-state index is 0.0414. The van der Waals surface area contributed by atoms with Crippen LogP contribution >= 0.6 is 11.3 Å². The van der Waals surface area contributed by atoms with E-state index in [1.165, 1.54) is 10.4 Å². The number of nitro groups is 1. The number of benzene rings is 1. The molecule has 5 unspecified atom stereocenters. The van der Waals surface area contributed by atoms with Crippen LogP contribution in [0.4, 0.5) is 0 Å². The second kappa shape index (κ2) is 7.51. The van der Waals surface area contributed by atoms with Gasteiger partial charge in [-0.1, -0.05) is 30.3 Å². The molecule has 2 aromatic rings. The minimum Gasteiger partial charge on any atom is -0.330 e. The molecule has 1 saturated carbocycles. The second-order valence-electron chi connectivity index (χ2n) is 8.18. The Kier molecular flexibility index (Phi) is 4.85. The van der Waals surface area contributed by atoms with Crippen LogP contribution in [0.25, 0.3) is 0 Å². The monoisotopic (exact) mass is 412 g/mol. The fraction of sp³-hybridized carbons (Fsp3) is 0.476. The van der Waals surface area contributed by atoms with Crippen molar-refractivity contribution in [3.63, 3.8) is 0 Å². The van der Waals surface area contributed by atoms with E-state index in [9.17, 15) is 14.9 Å². The number of hydrazine groups is 1.